The van der Waals surface area contributed by atoms with Crippen LogP contribution in [-0.4, -0.2) is 64.7 Å². The van der Waals surface area contributed by atoms with Crippen molar-refractivity contribution >= 4 is 21.4 Å². The Morgan fingerprint density at radius 1 is 1.13 bits per heavy atom. The van der Waals surface area contributed by atoms with Gasteiger partial charge in [0, 0.05) is 43.1 Å². The predicted molar refractivity (Wildman–Crippen MR) is 138 cm³/mol. The molecule has 3 N–H and O–H groups in total. The molecule has 0 bridgehead atoms. The zero-order chi connectivity index (χ0) is 27.9. The first-order valence-electron chi connectivity index (χ1n) is 12.6. The van der Waals surface area contributed by atoms with Crippen LogP contribution in [0.4, 0.5) is 18.9 Å². The smallest absolute Gasteiger partial charge is 0.249 e. The van der Waals surface area contributed by atoms with Crippen LogP contribution in [0.2, 0.25) is 0 Å². The molecule has 2 unspecified atom stereocenters. The molecular formula is C26H28F3N5O4S. The third kappa shape index (κ3) is 5.50. The quantitative estimate of drug-likeness (QED) is 0.472. The van der Waals surface area contributed by atoms with E-state index in [0.29, 0.717) is 35.6 Å². The molecule has 1 aliphatic heterocycles. The van der Waals surface area contributed by atoms with E-state index in [1.54, 1.807) is 12.1 Å². The Morgan fingerprint density at radius 3 is 2.41 bits per heavy atom. The molecule has 1 amide bonds. The Labute approximate surface area is 223 Å². The summed E-state index contributed by atoms with van der Waals surface area (Å²) in [4.78, 5) is 18.3. The van der Waals surface area contributed by atoms with E-state index in [0.717, 1.165) is 11.9 Å². The van der Waals surface area contributed by atoms with Crippen molar-refractivity contribution in [2.45, 2.75) is 37.7 Å². The number of aliphatic hydroxyl groups excluding tert-OH is 1. The van der Waals surface area contributed by atoms with E-state index in [2.05, 4.69) is 10.1 Å². The zero-order valence-electron chi connectivity index (χ0n) is 20.9. The van der Waals surface area contributed by atoms with Gasteiger partial charge in [0.05, 0.1) is 41.6 Å². The number of rotatable bonds is 6. The minimum absolute atomic E-state index is 0.0489. The summed E-state index contributed by atoms with van der Waals surface area (Å²) in [5.41, 5.74) is 8.06. The molecule has 1 aromatic carbocycles. The summed E-state index contributed by atoms with van der Waals surface area (Å²) in [7, 11) is -3.05. The van der Waals surface area contributed by atoms with Gasteiger partial charge in [-0.2, -0.15) is 5.10 Å². The van der Waals surface area contributed by atoms with Crippen LogP contribution in [0.15, 0.2) is 42.6 Å². The van der Waals surface area contributed by atoms with Crippen LogP contribution in [0.25, 0.3) is 16.9 Å². The molecule has 2 aliphatic rings. The molecule has 1 saturated carbocycles. The first-order valence-corrected chi connectivity index (χ1v) is 14.4. The van der Waals surface area contributed by atoms with Crippen LogP contribution >= 0.6 is 0 Å². The lowest BCUT2D eigenvalue weighted by Gasteiger charge is -2.34. The second kappa shape index (κ2) is 10.3. The van der Waals surface area contributed by atoms with Crippen molar-refractivity contribution in [1.29, 1.82) is 0 Å². The first-order chi connectivity index (χ1) is 18.5. The monoisotopic (exact) mass is 563 g/mol. The van der Waals surface area contributed by atoms with Crippen molar-refractivity contribution in [2.75, 3.05) is 29.5 Å². The number of hydrogen-bond donors (Lipinski definition) is 2. The average molecular weight is 564 g/mol. The highest BCUT2D eigenvalue weighted by atomic mass is 32.2. The maximum absolute atomic E-state index is 14.3. The predicted octanol–water partition coefficient (Wildman–Crippen LogP) is 2.80. The van der Waals surface area contributed by atoms with E-state index >= 15 is 0 Å². The number of pyridine rings is 1. The summed E-state index contributed by atoms with van der Waals surface area (Å²) in [6.07, 6.45) is -0.210. The van der Waals surface area contributed by atoms with Gasteiger partial charge in [-0.15, -0.1) is 0 Å². The number of carbonyl (C=O) groups excluding carboxylic acids is 1. The number of primary amides is 1. The van der Waals surface area contributed by atoms with E-state index in [1.807, 2.05) is 17.0 Å². The molecule has 3 aromatic rings. The summed E-state index contributed by atoms with van der Waals surface area (Å²) >= 11 is 0. The van der Waals surface area contributed by atoms with Crippen molar-refractivity contribution in [3.63, 3.8) is 0 Å². The number of benzene rings is 1. The molecule has 3 heterocycles. The number of halogens is 3. The molecule has 1 saturated heterocycles. The van der Waals surface area contributed by atoms with Crippen molar-refractivity contribution in [1.82, 2.24) is 14.8 Å². The van der Waals surface area contributed by atoms with Gasteiger partial charge in [-0.1, -0.05) is 12.1 Å². The molecule has 208 valence electrons. The third-order valence-electron chi connectivity index (χ3n) is 7.49. The number of aliphatic hydroxyl groups is 1. The third-order valence-corrected chi connectivity index (χ3v) is 9.10. The van der Waals surface area contributed by atoms with Crippen LogP contribution in [0.3, 0.4) is 0 Å². The standard InChI is InChI=1S/C26H28F3N5O4S/c27-17-3-6-22(31-14-17)34-21(15-35)23(24(32-34)19-7-8-26(28,29)13-20(19)25(30)36)16-1-4-18(5-2-16)33-9-11-39(37,38)12-10-33/h1-6,14,19-20,35H,7-13,15H2,(H2,30,36). The SMILES string of the molecule is NC(=O)C1CC(F)(F)CCC1c1nn(-c2ccc(F)cn2)c(CO)c1-c1ccc(N2CCS(=O)(=O)CC2)cc1. The van der Waals surface area contributed by atoms with Crippen LogP contribution in [0.1, 0.15) is 36.6 Å². The van der Waals surface area contributed by atoms with E-state index < -0.39 is 58.8 Å². The summed E-state index contributed by atoms with van der Waals surface area (Å²) in [6.45, 7) is 0.219. The first kappa shape index (κ1) is 27.1. The zero-order valence-corrected chi connectivity index (χ0v) is 21.7. The van der Waals surface area contributed by atoms with Gasteiger partial charge >= 0.3 is 0 Å². The topological polar surface area (TPSA) is 131 Å². The fourth-order valence-electron chi connectivity index (χ4n) is 5.44. The van der Waals surface area contributed by atoms with Gasteiger partial charge in [0.25, 0.3) is 0 Å². The number of alkyl halides is 2. The highest BCUT2D eigenvalue weighted by Gasteiger charge is 2.46. The molecule has 2 atom stereocenters. The summed E-state index contributed by atoms with van der Waals surface area (Å²) in [6, 6.07) is 9.74. The molecule has 0 radical (unpaired) electrons. The van der Waals surface area contributed by atoms with E-state index in [1.165, 1.54) is 16.8 Å². The Bertz CT molecular complexity index is 1460. The lowest BCUT2D eigenvalue weighted by atomic mass is 9.74. The van der Waals surface area contributed by atoms with Gasteiger partial charge in [-0.05, 0) is 36.2 Å². The molecular weight excluding hydrogens is 535 g/mol. The highest BCUT2D eigenvalue weighted by molar-refractivity contribution is 7.91. The van der Waals surface area contributed by atoms with Gasteiger partial charge in [-0.25, -0.2) is 31.3 Å². The van der Waals surface area contributed by atoms with E-state index in [-0.39, 0.29) is 23.7 Å². The summed E-state index contributed by atoms with van der Waals surface area (Å²) in [5, 5.41) is 15.0. The summed E-state index contributed by atoms with van der Waals surface area (Å²) < 4.78 is 67.1. The fourth-order valence-corrected chi connectivity index (χ4v) is 6.65. The van der Waals surface area contributed by atoms with Gasteiger partial charge in [0.1, 0.15) is 5.82 Å². The second-order valence-corrected chi connectivity index (χ2v) is 12.3. The number of amides is 1. The minimum Gasteiger partial charge on any atom is -0.390 e. The molecule has 1 aliphatic carbocycles. The maximum atomic E-state index is 14.3. The maximum Gasteiger partial charge on any atom is 0.249 e. The number of anilines is 1. The minimum atomic E-state index is -3.05. The molecule has 5 rings (SSSR count). The number of hydrogen-bond acceptors (Lipinski definition) is 7. The average Bonchev–Trinajstić information content (AvgIpc) is 3.28. The second-order valence-electron chi connectivity index (χ2n) is 10.0. The van der Waals surface area contributed by atoms with E-state index in [4.69, 9.17) is 5.73 Å². The molecule has 9 nitrogen and oxygen atoms in total. The number of nitrogens with two attached hydrogens (primary N) is 1. The Balaban J connectivity index is 1.60. The van der Waals surface area contributed by atoms with Crippen LogP contribution in [-0.2, 0) is 21.2 Å². The Morgan fingerprint density at radius 2 is 1.82 bits per heavy atom. The number of nitrogens with zero attached hydrogens (tertiary/aromatic N) is 4. The number of aromatic nitrogens is 3. The largest absolute Gasteiger partial charge is 0.390 e. The van der Waals surface area contributed by atoms with Crippen molar-refractivity contribution in [3.05, 3.63) is 59.8 Å². The fraction of sp³-hybridized carbons (Fsp3) is 0.423. The number of carbonyl (C=O) groups is 1. The molecule has 2 aromatic heterocycles. The van der Waals surface area contributed by atoms with Crippen molar-refractivity contribution < 1.29 is 31.5 Å². The summed E-state index contributed by atoms with van der Waals surface area (Å²) in [5.74, 6) is -6.06. The lowest BCUT2D eigenvalue weighted by Crippen LogP contribution is -2.40. The van der Waals surface area contributed by atoms with Crippen LogP contribution in [0, 0.1) is 11.7 Å². The number of sulfone groups is 1. The Hall–Kier alpha value is -3.45. The Kier molecular flexibility index (Phi) is 7.14. The molecule has 39 heavy (non-hydrogen) atoms. The highest BCUT2D eigenvalue weighted by Crippen LogP contribution is 2.47. The lowest BCUT2D eigenvalue weighted by molar-refractivity contribution is -0.130. The van der Waals surface area contributed by atoms with Gasteiger partial charge in [0.15, 0.2) is 15.7 Å². The van der Waals surface area contributed by atoms with Gasteiger partial charge < -0.3 is 15.7 Å². The van der Waals surface area contributed by atoms with Crippen LogP contribution in [0.5, 0.6) is 0 Å². The molecule has 2 fully saturated rings. The van der Waals surface area contributed by atoms with Gasteiger partial charge in [-0.3, -0.25) is 4.79 Å². The van der Waals surface area contributed by atoms with E-state index in [9.17, 15) is 31.5 Å². The van der Waals surface area contributed by atoms with Crippen molar-refractivity contribution in [2.24, 2.45) is 11.7 Å². The molecule has 13 heteroatoms. The van der Waals surface area contributed by atoms with Gasteiger partial charge in [0.2, 0.25) is 11.8 Å². The van der Waals surface area contributed by atoms with Crippen LogP contribution < -0.4 is 10.6 Å². The normalized spacial score (nSPS) is 22.5. The van der Waals surface area contributed by atoms with Crippen molar-refractivity contribution in [3.8, 4) is 16.9 Å². The molecule has 0 spiro atoms.